The first kappa shape index (κ1) is 24.4. The molecule has 2 aromatic rings. The first-order chi connectivity index (χ1) is 15.9. The number of hydrogen-bond acceptors (Lipinski definition) is 6. The van der Waals surface area contributed by atoms with Crippen LogP contribution in [0.4, 0.5) is 5.69 Å². The fraction of sp³-hybridized carbons (Fsp3) is 0.375. The number of nitrogens with one attached hydrogen (secondary N) is 4. The van der Waals surface area contributed by atoms with Crippen LogP contribution in [-0.2, 0) is 9.59 Å². The van der Waals surface area contributed by atoms with Crippen molar-refractivity contribution in [2.24, 2.45) is 0 Å². The summed E-state index contributed by atoms with van der Waals surface area (Å²) < 4.78 is 0. The van der Waals surface area contributed by atoms with E-state index >= 15 is 0 Å². The molecule has 9 nitrogen and oxygen atoms in total. The molecule has 2 atom stereocenters. The molecule has 1 saturated carbocycles. The third kappa shape index (κ3) is 6.85. The van der Waals surface area contributed by atoms with Gasteiger partial charge in [0.2, 0.25) is 5.91 Å². The number of aliphatic hydroxyl groups excluding tert-OH is 1. The molecule has 2 aromatic carbocycles. The van der Waals surface area contributed by atoms with Gasteiger partial charge >= 0.3 is 0 Å². The van der Waals surface area contributed by atoms with Gasteiger partial charge in [-0.25, -0.2) is 5.48 Å². The van der Waals surface area contributed by atoms with Crippen molar-refractivity contribution < 1.29 is 24.7 Å². The quantitative estimate of drug-likeness (QED) is 0.252. The maximum atomic E-state index is 12.4. The lowest BCUT2D eigenvalue weighted by Gasteiger charge is -2.19. The second-order valence-electron chi connectivity index (χ2n) is 8.23. The van der Waals surface area contributed by atoms with E-state index in [1.807, 2.05) is 24.3 Å². The van der Waals surface area contributed by atoms with Gasteiger partial charge in [0.25, 0.3) is 11.8 Å². The van der Waals surface area contributed by atoms with E-state index in [-0.39, 0.29) is 5.91 Å². The van der Waals surface area contributed by atoms with Gasteiger partial charge in [-0.3, -0.25) is 19.6 Å². The monoisotopic (exact) mass is 454 g/mol. The SMILES string of the molecule is C[C@@H](O)[C@H](NC(=O)c1ccc(-c2ccc(NC(=O)CNC3CCCC3)cc2)cc1)C(=O)NO. The normalized spacial score (nSPS) is 15.5. The van der Waals surface area contributed by atoms with E-state index in [0.29, 0.717) is 23.8 Å². The van der Waals surface area contributed by atoms with Crippen LogP contribution in [0.25, 0.3) is 11.1 Å². The molecule has 3 amide bonds. The molecule has 0 heterocycles. The molecule has 0 saturated heterocycles. The van der Waals surface area contributed by atoms with E-state index in [4.69, 9.17) is 5.21 Å². The van der Waals surface area contributed by atoms with Crippen molar-refractivity contribution in [2.45, 2.75) is 50.8 Å². The highest BCUT2D eigenvalue weighted by Crippen LogP contribution is 2.22. The minimum Gasteiger partial charge on any atom is -0.391 e. The van der Waals surface area contributed by atoms with E-state index in [1.165, 1.54) is 25.2 Å². The Hall–Kier alpha value is -3.27. The minimum atomic E-state index is -1.28. The van der Waals surface area contributed by atoms with Crippen molar-refractivity contribution in [3.63, 3.8) is 0 Å². The second-order valence-corrected chi connectivity index (χ2v) is 8.23. The van der Waals surface area contributed by atoms with Crippen LogP contribution in [-0.4, -0.2) is 52.8 Å². The Morgan fingerprint density at radius 3 is 2.09 bits per heavy atom. The maximum Gasteiger partial charge on any atom is 0.268 e. The fourth-order valence-corrected chi connectivity index (χ4v) is 3.83. The highest BCUT2D eigenvalue weighted by atomic mass is 16.5. The maximum absolute atomic E-state index is 12.4. The van der Waals surface area contributed by atoms with E-state index < -0.39 is 24.0 Å². The van der Waals surface area contributed by atoms with Crippen molar-refractivity contribution in [1.29, 1.82) is 0 Å². The van der Waals surface area contributed by atoms with Gasteiger partial charge in [0, 0.05) is 17.3 Å². The minimum absolute atomic E-state index is 0.0737. The largest absolute Gasteiger partial charge is 0.391 e. The third-order valence-corrected chi connectivity index (χ3v) is 5.72. The van der Waals surface area contributed by atoms with Gasteiger partial charge < -0.3 is 21.1 Å². The van der Waals surface area contributed by atoms with Gasteiger partial charge in [-0.1, -0.05) is 37.1 Å². The first-order valence-corrected chi connectivity index (χ1v) is 11.0. The Balaban J connectivity index is 1.56. The highest BCUT2D eigenvalue weighted by molar-refractivity contribution is 5.98. The summed E-state index contributed by atoms with van der Waals surface area (Å²) in [5.74, 6) is -1.54. The van der Waals surface area contributed by atoms with Crippen molar-refractivity contribution in [2.75, 3.05) is 11.9 Å². The molecule has 176 valence electrons. The zero-order valence-electron chi connectivity index (χ0n) is 18.5. The molecule has 0 aliphatic heterocycles. The number of benzene rings is 2. The molecule has 1 fully saturated rings. The van der Waals surface area contributed by atoms with Crippen molar-refractivity contribution in [3.05, 3.63) is 54.1 Å². The summed E-state index contributed by atoms with van der Waals surface area (Å²) in [5, 5.41) is 27.0. The van der Waals surface area contributed by atoms with Crippen molar-refractivity contribution in [1.82, 2.24) is 16.1 Å². The predicted molar refractivity (Wildman–Crippen MR) is 124 cm³/mol. The van der Waals surface area contributed by atoms with Gasteiger partial charge in [0.05, 0.1) is 12.6 Å². The van der Waals surface area contributed by atoms with Crippen LogP contribution >= 0.6 is 0 Å². The zero-order chi connectivity index (χ0) is 23.8. The number of amides is 3. The van der Waals surface area contributed by atoms with Crippen molar-refractivity contribution in [3.8, 4) is 11.1 Å². The zero-order valence-corrected chi connectivity index (χ0v) is 18.5. The molecule has 0 unspecified atom stereocenters. The third-order valence-electron chi connectivity index (χ3n) is 5.72. The van der Waals surface area contributed by atoms with Gasteiger partial charge in [0.1, 0.15) is 6.04 Å². The molecule has 1 aliphatic carbocycles. The Labute approximate surface area is 192 Å². The molecular weight excluding hydrogens is 424 g/mol. The molecular formula is C24H30N4O5. The molecule has 33 heavy (non-hydrogen) atoms. The van der Waals surface area contributed by atoms with Gasteiger partial charge in [-0.2, -0.15) is 0 Å². The summed E-state index contributed by atoms with van der Waals surface area (Å²) in [6, 6.07) is 13.3. The lowest BCUT2D eigenvalue weighted by molar-refractivity contribution is -0.133. The van der Waals surface area contributed by atoms with Crippen LogP contribution in [0.2, 0.25) is 0 Å². The van der Waals surface area contributed by atoms with Crippen LogP contribution in [0, 0.1) is 0 Å². The van der Waals surface area contributed by atoms with Gasteiger partial charge in [0.15, 0.2) is 0 Å². The predicted octanol–water partition coefficient (Wildman–Crippen LogP) is 1.81. The Morgan fingerprint density at radius 2 is 1.55 bits per heavy atom. The molecule has 6 N–H and O–H groups in total. The number of hydroxylamine groups is 1. The first-order valence-electron chi connectivity index (χ1n) is 11.0. The molecule has 0 aromatic heterocycles. The highest BCUT2D eigenvalue weighted by Gasteiger charge is 2.25. The van der Waals surface area contributed by atoms with Crippen molar-refractivity contribution >= 4 is 23.4 Å². The molecule has 3 rings (SSSR count). The molecule has 1 aliphatic rings. The molecule has 9 heteroatoms. The van der Waals surface area contributed by atoms with E-state index in [2.05, 4.69) is 16.0 Å². The smallest absolute Gasteiger partial charge is 0.268 e. The number of rotatable bonds is 9. The Morgan fingerprint density at radius 1 is 0.970 bits per heavy atom. The lowest BCUT2D eigenvalue weighted by atomic mass is 10.0. The topological polar surface area (TPSA) is 140 Å². The Bertz CT molecular complexity index is 954. The average Bonchev–Trinajstić information content (AvgIpc) is 3.35. The summed E-state index contributed by atoms with van der Waals surface area (Å²) in [7, 11) is 0. The summed E-state index contributed by atoms with van der Waals surface area (Å²) in [5.41, 5.74) is 4.21. The fourth-order valence-electron chi connectivity index (χ4n) is 3.83. The number of carbonyl (C=O) groups is 3. The van der Waals surface area contributed by atoms with Gasteiger partial charge in [-0.05, 0) is 55.2 Å². The van der Waals surface area contributed by atoms with Crippen LogP contribution < -0.4 is 21.4 Å². The van der Waals surface area contributed by atoms with Crippen LogP contribution in [0.15, 0.2) is 48.5 Å². The second kappa shape index (κ2) is 11.6. The Kier molecular flexibility index (Phi) is 8.53. The number of anilines is 1. The van der Waals surface area contributed by atoms with Crippen LogP contribution in [0.3, 0.4) is 0 Å². The summed E-state index contributed by atoms with van der Waals surface area (Å²) in [4.78, 5) is 36.1. The van der Waals surface area contributed by atoms with Crippen LogP contribution in [0.1, 0.15) is 43.0 Å². The summed E-state index contributed by atoms with van der Waals surface area (Å²) in [6.45, 7) is 1.63. The summed E-state index contributed by atoms with van der Waals surface area (Å²) >= 11 is 0. The van der Waals surface area contributed by atoms with Crippen LogP contribution in [0.5, 0.6) is 0 Å². The van der Waals surface area contributed by atoms with E-state index in [0.717, 1.165) is 24.0 Å². The number of carbonyl (C=O) groups excluding carboxylic acids is 3. The number of hydrogen-bond donors (Lipinski definition) is 6. The van der Waals surface area contributed by atoms with E-state index in [9.17, 15) is 19.5 Å². The van der Waals surface area contributed by atoms with Gasteiger partial charge in [-0.15, -0.1) is 0 Å². The lowest BCUT2D eigenvalue weighted by Crippen LogP contribution is -2.51. The molecule has 0 bridgehead atoms. The van der Waals surface area contributed by atoms with E-state index in [1.54, 1.807) is 24.3 Å². The molecule has 0 spiro atoms. The average molecular weight is 455 g/mol. The standard InChI is InChI=1S/C24H30N4O5/c1-15(29)22(24(32)28-33)27-23(31)18-8-6-16(7-9-18)17-10-12-20(13-11-17)26-21(30)14-25-19-4-2-3-5-19/h6-13,15,19,22,25,29,33H,2-5,14H2,1H3,(H,26,30)(H,27,31)(H,28,32)/t15-,22+/m1/s1. The number of aliphatic hydroxyl groups is 1. The molecule has 0 radical (unpaired) electrons. The summed E-state index contributed by atoms with van der Waals surface area (Å²) in [6.07, 6.45) is 3.51.